The number of anilines is 1. The van der Waals surface area contributed by atoms with Gasteiger partial charge in [0.05, 0.1) is 5.56 Å². The fourth-order valence-corrected chi connectivity index (χ4v) is 3.13. The van der Waals surface area contributed by atoms with Crippen molar-refractivity contribution < 1.29 is 4.79 Å². The van der Waals surface area contributed by atoms with E-state index >= 15 is 0 Å². The third kappa shape index (κ3) is 3.38. The average molecular weight is 265 g/mol. The summed E-state index contributed by atoms with van der Waals surface area (Å²) in [5.74, 6) is 0.390. The molecule has 0 aromatic carbocycles. The number of pyridine rings is 1. The highest BCUT2D eigenvalue weighted by Crippen LogP contribution is 2.27. The molecule has 4 nitrogen and oxygen atoms in total. The van der Waals surface area contributed by atoms with E-state index in [9.17, 15) is 4.79 Å². The van der Waals surface area contributed by atoms with Crippen molar-refractivity contribution in [2.75, 3.05) is 12.0 Å². The van der Waals surface area contributed by atoms with Crippen molar-refractivity contribution in [2.24, 2.45) is 0 Å². The molecule has 3 N–H and O–H groups in total. The quantitative estimate of drug-likeness (QED) is 0.878. The molecule has 2 unspecified atom stereocenters. The van der Waals surface area contributed by atoms with Crippen LogP contribution in [0.25, 0.3) is 0 Å². The summed E-state index contributed by atoms with van der Waals surface area (Å²) < 4.78 is 0. The van der Waals surface area contributed by atoms with Crippen molar-refractivity contribution in [1.82, 2.24) is 10.3 Å². The first kappa shape index (κ1) is 13.2. The number of amides is 1. The number of rotatable bonds is 3. The zero-order valence-corrected chi connectivity index (χ0v) is 11.4. The topological polar surface area (TPSA) is 68.0 Å². The summed E-state index contributed by atoms with van der Waals surface area (Å²) in [7, 11) is 0. The van der Waals surface area contributed by atoms with Crippen molar-refractivity contribution in [3.8, 4) is 0 Å². The van der Waals surface area contributed by atoms with E-state index in [0.717, 1.165) is 12.8 Å². The Morgan fingerprint density at radius 3 is 3.00 bits per heavy atom. The minimum atomic E-state index is -0.0470. The van der Waals surface area contributed by atoms with Crippen molar-refractivity contribution in [2.45, 2.75) is 37.0 Å². The molecule has 18 heavy (non-hydrogen) atoms. The second-order valence-corrected chi connectivity index (χ2v) is 5.80. The molecule has 1 fully saturated rings. The largest absolute Gasteiger partial charge is 0.384 e. The van der Waals surface area contributed by atoms with Gasteiger partial charge in [-0.3, -0.25) is 4.79 Å². The van der Waals surface area contributed by atoms with Gasteiger partial charge in [0.1, 0.15) is 5.82 Å². The number of hydrogen-bond donors (Lipinski definition) is 2. The van der Waals surface area contributed by atoms with Gasteiger partial charge >= 0.3 is 0 Å². The predicted octanol–water partition coefficient (Wildman–Crippen LogP) is 2.07. The highest BCUT2D eigenvalue weighted by Gasteiger charge is 2.22. The van der Waals surface area contributed by atoms with Crippen molar-refractivity contribution in [3.63, 3.8) is 0 Å². The Hall–Kier alpha value is -1.23. The first-order chi connectivity index (χ1) is 8.69. The molecule has 1 aromatic heterocycles. The predicted molar refractivity (Wildman–Crippen MR) is 75.7 cm³/mol. The molecule has 2 atom stereocenters. The van der Waals surface area contributed by atoms with Gasteiger partial charge in [0.2, 0.25) is 0 Å². The highest BCUT2D eigenvalue weighted by atomic mass is 32.2. The number of hydrogen-bond acceptors (Lipinski definition) is 4. The fraction of sp³-hybridized carbons (Fsp3) is 0.538. The molecule has 1 heterocycles. The SMILES string of the molecule is CSC1CCCC(NC(=O)c2ccc(N)nc2)C1. The van der Waals surface area contributed by atoms with Gasteiger partial charge in [-0.1, -0.05) is 6.42 Å². The first-order valence-corrected chi connectivity index (χ1v) is 7.53. The number of thioether (sulfide) groups is 1. The van der Waals surface area contributed by atoms with Gasteiger partial charge in [-0.25, -0.2) is 4.98 Å². The molecule has 0 aliphatic heterocycles. The lowest BCUT2D eigenvalue weighted by Gasteiger charge is -2.28. The van der Waals surface area contributed by atoms with E-state index in [1.807, 2.05) is 11.8 Å². The van der Waals surface area contributed by atoms with E-state index < -0.39 is 0 Å². The molecule has 0 radical (unpaired) electrons. The summed E-state index contributed by atoms with van der Waals surface area (Å²) in [4.78, 5) is 16.0. The van der Waals surface area contributed by atoms with Crippen LogP contribution in [-0.4, -0.2) is 28.4 Å². The summed E-state index contributed by atoms with van der Waals surface area (Å²) in [6, 6.07) is 3.66. The van der Waals surface area contributed by atoms with Crippen LogP contribution in [0.15, 0.2) is 18.3 Å². The number of aromatic nitrogens is 1. The van der Waals surface area contributed by atoms with Crippen LogP contribution in [-0.2, 0) is 0 Å². The van der Waals surface area contributed by atoms with E-state index in [4.69, 9.17) is 5.73 Å². The summed E-state index contributed by atoms with van der Waals surface area (Å²) in [5.41, 5.74) is 6.08. The Kier molecular flexibility index (Phi) is 4.47. The summed E-state index contributed by atoms with van der Waals surface area (Å²) in [6.45, 7) is 0. The highest BCUT2D eigenvalue weighted by molar-refractivity contribution is 7.99. The third-order valence-electron chi connectivity index (χ3n) is 3.34. The Morgan fingerprint density at radius 1 is 1.50 bits per heavy atom. The number of nitrogen functional groups attached to an aromatic ring is 1. The van der Waals surface area contributed by atoms with E-state index in [1.165, 1.54) is 19.0 Å². The van der Waals surface area contributed by atoms with Crippen LogP contribution in [0.5, 0.6) is 0 Å². The van der Waals surface area contributed by atoms with Gasteiger partial charge in [0.15, 0.2) is 0 Å². The minimum absolute atomic E-state index is 0.0470. The monoisotopic (exact) mass is 265 g/mol. The number of carbonyl (C=O) groups is 1. The van der Waals surface area contributed by atoms with Crippen molar-refractivity contribution in [3.05, 3.63) is 23.9 Å². The van der Waals surface area contributed by atoms with Gasteiger partial charge in [-0.05, 0) is 37.7 Å². The maximum Gasteiger partial charge on any atom is 0.253 e. The van der Waals surface area contributed by atoms with Gasteiger partial charge in [-0.2, -0.15) is 11.8 Å². The summed E-state index contributed by atoms with van der Waals surface area (Å²) in [5, 5.41) is 3.76. The third-order valence-corrected chi connectivity index (χ3v) is 4.44. The maximum absolute atomic E-state index is 12.0. The zero-order valence-electron chi connectivity index (χ0n) is 10.6. The lowest BCUT2D eigenvalue weighted by Crippen LogP contribution is -2.39. The lowest BCUT2D eigenvalue weighted by atomic mass is 9.95. The Balaban J connectivity index is 1.92. The lowest BCUT2D eigenvalue weighted by molar-refractivity contribution is 0.0928. The van der Waals surface area contributed by atoms with Crippen LogP contribution in [0.4, 0.5) is 5.82 Å². The standard InChI is InChI=1S/C13H19N3OS/c1-18-11-4-2-3-10(7-11)16-13(17)9-5-6-12(14)15-8-9/h5-6,8,10-11H,2-4,7H2,1H3,(H2,14,15)(H,16,17). The molecule has 0 bridgehead atoms. The number of nitrogens with zero attached hydrogens (tertiary/aromatic N) is 1. The van der Waals surface area contributed by atoms with Crippen LogP contribution in [0.1, 0.15) is 36.0 Å². The maximum atomic E-state index is 12.0. The van der Waals surface area contributed by atoms with Crippen LogP contribution in [0, 0.1) is 0 Å². The number of nitrogens with two attached hydrogens (primary N) is 1. The molecule has 98 valence electrons. The molecule has 5 heteroatoms. The van der Waals surface area contributed by atoms with E-state index in [2.05, 4.69) is 16.6 Å². The number of nitrogens with one attached hydrogen (secondary N) is 1. The molecular weight excluding hydrogens is 246 g/mol. The molecule has 1 aliphatic rings. The molecule has 2 rings (SSSR count). The van der Waals surface area contributed by atoms with Gasteiger partial charge in [-0.15, -0.1) is 0 Å². The van der Waals surface area contributed by atoms with Crippen molar-refractivity contribution in [1.29, 1.82) is 0 Å². The fourth-order valence-electron chi connectivity index (χ4n) is 2.30. The molecule has 0 saturated heterocycles. The number of carbonyl (C=O) groups excluding carboxylic acids is 1. The molecule has 1 aliphatic carbocycles. The van der Waals surface area contributed by atoms with Gasteiger partial charge < -0.3 is 11.1 Å². The van der Waals surface area contributed by atoms with Crippen LogP contribution in [0.3, 0.4) is 0 Å². The zero-order chi connectivity index (χ0) is 13.0. The first-order valence-electron chi connectivity index (χ1n) is 6.24. The van der Waals surface area contributed by atoms with E-state index in [0.29, 0.717) is 22.7 Å². The molecular formula is C13H19N3OS. The Labute approximate surface area is 112 Å². The smallest absolute Gasteiger partial charge is 0.253 e. The van der Waals surface area contributed by atoms with Crippen LogP contribution >= 0.6 is 11.8 Å². The summed E-state index contributed by atoms with van der Waals surface area (Å²) in [6.07, 6.45) is 8.26. The van der Waals surface area contributed by atoms with Crippen LogP contribution in [0.2, 0.25) is 0 Å². The summed E-state index contributed by atoms with van der Waals surface area (Å²) >= 11 is 1.89. The van der Waals surface area contributed by atoms with Crippen LogP contribution < -0.4 is 11.1 Å². The van der Waals surface area contributed by atoms with E-state index in [1.54, 1.807) is 12.1 Å². The molecule has 1 amide bonds. The van der Waals surface area contributed by atoms with Crippen molar-refractivity contribution >= 4 is 23.5 Å². The second-order valence-electron chi connectivity index (χ2n) is 4.67. The minimum Gasteiger partial charge on any atom is -0.384 e. The average Bonchev–Trinajstić information content (AvgIpc) is 2.39. The van der Waals surface area contributed by atoms with Gasteiger partial charge in [0, 0.05) is 17.5 Å². The Bertz CT molecular complexity index is 407. The van der Waals surface area contributed by atoms with Gasteiger partial charge in [0.25, 0.3) is 5.91 Å². The normalized spacial score (nSPS) is 23.6. The van der Waals surface area contributed by atoms with E-state index in [-0.39, 0.29) is 5.91 Å². The molecule has 1 aromatic rings. The Morgan fingerprint density at radius 2 is 2.33 bits per heavy atom. The second kappa shape index (κ2) is 6.09. The molecule has 0 spiro atoms. The molecule has 1 saturated carbocycles.